The third-order valence-electron chi connectivity index (χ3n) is 21.0. The van der Waals surface area contributed by atoms with E-state index in [1.54, 1.807) is 12.1 Å². The van der Waals surface area contributed by atoms with Crippen LogP contribution < -0.4 is 23.8 Å². The van der Waals surface area contributed by atoms with Crippen LogP contribution in [0, 0.1) is 16.2 Å². The predicted molar refractivity (Wildman–Crippen MR) is 412 cm³/mol. The zero-order valence-electron chi connectivity index (χ0n) is 61.6. The van der Waals surface area contributed by atoms with Gasteiger partial charge < -0.3 is 28.6 Å². The number of carbonyl (C=O) groups is 2. The summed E-state index contributed by atoms with van der Waals surface area (Å²) in [7, 11) is 0. The van der Waals surface area contributed by atoms with Crippen molar-refractivity contribution in [1.82, 2.24) is 0 Å². The molecule has 12 aromatic carbocycles. The molecule has 0 atom stereocenters. The number of carbonyl (C=O) groups excluding carboxylic acids is 2. The molecule has 0 radical (unpaired) electrons. The van der Waals surface area contributed by atoms with Crippen molar-refractivity contribution in [3.05, 3.63) is 197 Å². The summed E-state index contributed by atoms with van der Waals surface area (Å²) in [6, 6.07) is 53.3. The summed E-state index contributed by atoms with van der Waals surface area (Å²) in [4.78, 5) is 31.6. The van der Waals surface area contributed by atoms with E-state index in [9.17, 15) is 9.59 Å². The second kappa shape index (κ2) is 23.8. The van der Waals surface area contributed by atoms with E-state index in [1.807, 2.05) is 24.3 Å². The molecule has 1 fully saturated rings. The van der Waals surface area contributed by atoms with E-state index in [2.05, 4.69) is 251 Å². The molecule has 99 heavy (non-hydrogen) atoms. The third-order valence-corrected chi connectivity index (χ3v) is 21.0. The largest absolute Gasteiger partial charge is 0.457 e. The number of cyclic esters (lactones) is 2. The zero-order valence-corrected chi connectivity index (χ0v) is 61.6. The van der Waals surface area contributed by atoms with Crippen LogP contribution in [0.4, 0.5) is 5.69 Å². The molecule has 0 N–H and O–H groups in total. The lowest BCUT2D eigenvalue weighted by atomic mass is 9.72. The second-order valence-electron chi connectivity index (χ2n) is 35.3. The topological polar surface area (TPSA) is 83.5 Å². The monoisotopic (exact) mass is 1320 g/mol. The van der Waals surface area contributed by atoms with Crippen molar-refractivity contribution in [3.8, 4) is 46.0 Å². The van der Waals surface area contributed by atoms with Crippen molar-refractivity contribution < 1.29 is 33.3 Å². The van der Waals surface area contributed by atoms with E-state index >= 15 is 0 Å². The van der Waals surface area contributed by atoms with E-state index in [-0.39, 0.29) is 49.0 Å². The van der Waals surface area contributed by atoms with Gasteiger partial charge in [0.2, 0.25) is 0 Å². The lowest BCUT2D eigenvalue weighted by molar-refractivity contribution is 0.0390. The van der Waals surface area contributed by atoms with Crippen LogP contribution in [0.15, 0.2) is 164 Å². The standard InChI is InChI=1S/C91H97NO7/c1-53(2)49-88(12,13)54-22-30-58(31-23-54)95-70-43-42-62-69(92-44-20-21-45-92)48-73(98-61-36-28-57(29-37-61)91(18,19)52-87(9,10)11)78-64-39-41-66-75-65(40-38-63(74(64)75)77(70)81(62)78)79-71(96-59-32-24-55(25-33-59)89(14,15)50-85(3,4)5)46-67-76-68(84(94)99-83(67)93)47-72(80(66)82(76)79)97-60-34-26-56(27-35-60)90(16,17)51-86(6,7)8/h22-43,46-48H,1,20-21,44-45,49-52H2,2-19H3. The van der Waals surface area contributed by atoms with Gasteiger partial charge in [-0.1, -0.05) is 196 Å². The number of hydrogen-bond acceptors (Lipinski definition) is 8. The number of anilines is 1. The molecule has 0 aliphatic carbocycles. The van der Waals surface area contributed by atoms with Crippen molar-refractivity contribution in [2.24, 2.45) is 16.2 Å². The molecular formula is C91H97NO7. The Morgan fingerprint density at radius 3 is 1.03 bits per heavy atom. The fourth-order valence-electron chi connectivity index (χ4n) is 18.0. The van der Waals surface area contributed by atoms with Gasteiger partial charge in [-0.05, 0) is 211 Å². The minimum atomic E-state index is -0.737. The fourth-order valence-corrected chi connectivity index (χ4v) is 18.0. The Bertz CT molecular complexity index is 5050. The number of nitrogens with zero attached hydrogens (tertiary/aromatic N) is 1. The van der Waals surface area contributed by atoms with E-state index in [1.165, 1.54) is 22.3 Å². The zero-order chi connectivity index (χ0) is 70.4. The van der Waals surface area contributed by atoms with Crippen LogP contribution in [-0.2, 0) is 26.4 Å². The van der Waals surface area contributed by atoms with Gasteiger partial charge in [-0.15, -0.1) is 6.58 Å². The molecule has 2 heterocycles. The van der Waals surface area contributed by atoms with Gasteiger partial charge >= 0.3 is 11.9 Å². The quantitative estimate of drug-likeness (QED) is 0.0276. The summed E-state index contributed by atoms with van der Waals surface area (Å²) in [5, 5.41) is 12.4. The van der Waals surface area contributed by atoms with Gasteiger partial charge in [0.1, 0.15) is 46.0 Å². The normalized spacial score (nSPS) is 14.5. The van der Waals surface area contributed by atoms with Crippen molar-refractivity contribution in [1.29, 1.82) is 0 Å². The van der Waals surface area contributed by atoms with Crippen molar-refractivity contribution in [2.45, 2.75) is 185 Å². The molecule has 0 aromatic heterocycles. The van der Waals surface area contributed by atoms with Crippen LogP contribution in [0.25, 0.3) is 75.4 Å². The Hall–Kier alpha value is -9.14. The van der Waals surface area contributed by atoms with Crippen LogP contribution >= 0.6 is 0 Å². The highest BCUT2D eigenvalue weighted by molar-refractivity contribution is 6.46. The molecule has 2 aliphatic rings. The smallest absolute Gasteiger partial charge is 0.346 e. The van der Waals surface area contributed by atoms with E-state index in [0.29, 0.717) is 39.5 Å². The summed E-state index contributed by atoms with van der Waals surface area (Å²) in [5.74, 6) is 3.52. The maximum Gasteiger partial charge on any atom is 0.346 e. The minimum Gasteiger partial charge on any atom is -0.457 e. The van der Waals surface area contributed by atoms with Gasteiger partial charge in [0, 0.05) is 67.9 Å². The first-order valence-corrected chi connectivity index (χ1v) is 35.7. The predicted octanol–water partition coefficient (Wildman–Crippen LogP) is 26.1. The molecule has 8 heteroatoms. The molecule has 0 amide bonds. The Labute approximate surface area is 585 Å². The number of benzene rings is 12. The number of fused-ring (bicyclic) bond motifs is 4. The first-order chi connectivity index (χ1) is 46.5. The molecule has 14 rings (SSSR count). The highest BCUT2D eigenvalue weighted by Crippen LogP contribution is 2.58. The molecule has 1 saturated heterocycles. The van der Waals surface area contributed by atoms with Crippen LogP contribution in [0.2, 0.25) is 0 Å². The van der Waals surface area contributed by atoms with E-state index in [0.717, 1.165) is 145 Å². The Kier molecular flexibility index (Phi) is 16.1. The van der Waals surface area contributed by atoms with Crippen LogP contribution in [0.1, 0.15) is 206 Å². The number of rotatable bonds is 18. The number of allylic oxidation sites excluding steroid dienone is 1. The SMILES string of the molecule is C=C(C)CC(C)(C)c1ccc(Oc2ccc3c(N4CCCC4)cc(Oc4ccc(C(C)(C)CC(C)(C)C)cc4)c4c5ccc6c7c(Oc8ccc(C(C)(C)CC(C)(C)C)cc8)cc8c9c(cc(Oc%10ccc(C(C)(C)CC(C)(C)C)cc%10)c(c%10ccc(c2c34)c5c%106)c97)C(=O)OC8=O)cc1. The average Bonchev–Trinajstić information content (AvgIpc) is 0.704. The highest BCUT2D eigenvalue weighted by Gasteiger charge is 2.37. The molecule has 0 spiro atoms. The molecule has 508 valence electrons. The first kappa shape index (κ1) is 67.1. The maximum atomic E-state index is 14.5. The summed E-state index contributed by atoms with van der Waals surface area (Å²) < 4.78 is 35.1. The maximum absolute atomic E-state index is 14.5. The lowest BCUT2D eigenvalue weighted by Crippen LogP contribution is -2.24. The highest BCUT2D eigenvalue weighted by atomic mass is 16.6. The summed E-state index contributed by atoms with van der Waals surface area (Å²) in [6.45, 7) is 47.2. The van der Waals surface area contributed by atoms with Gasteiger partial charge in [0.05, 0.1) is 11.1 Å². The van der Waals surface area contributed by atoms with Crippen LogP contribution in [0.3, 0.4) is 0 Å². The van der Waals surface area contributed by atoms with Gasteiger partial charge in [-0.3, -0.25) is 0 Å². The summed E-state index contributed by atoms with van der Waals surface area (Å²) in [6.07, 6.45) is 6.03. The molecule has 0 bridgehead atoms. The molecule has 0 saturated carbocycles. The molecule has 12 aromatic rings. The molecular weight excluding hydrogens is 1220 g/mol. The number of esters is 2. The average molecular weight is 1320 g/mol. The van der Waals surface area contributed by atoms with Crippen LogP contribution in [-0.4, -0.2) is 25.0 Å². The van der Waals surface area contributed by atoms with Crippen molar-refractivity contribution >= 4 is 93.0 Å². The van der Waals surface area contributed by atoms with Crippen molar-refractivity contribution in [2.75, 3.05) is 18.0 Å². The first-order valence-electron chi connectivity index (χ1n) is 35.7. The van der Waals surface area contributed by atoms with Crippen LogP contribution in [0.5, 0.6) is 46.0 Å². The number of ether oxygens (including phenoxy) is 5. The van der Waals surface area contributed by atoms with Gasteiger partial charge in [-0.2, -0.15) is 0 Å². The third kappa shape index (κ3) is 12.5. The minimum absolute atomic E-state index is 0.0694. The molecule has 8 nitrogen and oxygen atoms in total. The lowest BCUT2D eigenvalue weighted by Gasteiger charge is -2.33. The van der Waals surface area contributed by atoms with Gasteiger partial charge in [0.15, 0.2) is 0 Å². The molecule has 2 aliphatic heterocycles. The number of hydrogen-bond donors (Lipinski definition) is 0. The van der Waals surface area contributed by atoms with Gasteiger partial charge in [0.25, 0.3) is 0 Å². The second-order valence-corrected chi connectivity index (χ2v) is 35.3. The summed E-state index contributed by atoms with van der Waals surface area (Å²) >= 11 is 0. The van der Waals surface area contributed by atoms with Gasteiger partial charge in [-0.25, -0.2) is 9.59 Å². The Morgan fingerprint density at radius 1 is 0.364 bits per heavy atom. The van der Waals surface area contributed by atoms with Crippen molar-refractivity contribution in [3.63, 3.8) is 0 Å². The Morgan fingerprint density at radius 2 is 0.677 bits per heavy atom. The summed E-state index contributed by atoms with van der Waals surface area (Å²) in [5.41, 5.74) is 7.50. The fraction of sp³-hybridized carbons (Fsp3) is 0.363. The molecule has 0 unspecified atom stereocenters. The van der Waals surface area contributed by atoms with E-state index in [4.69, 9.17) is 23.7 Å². The van der Waals surface area contributed by atoms with E-state index < -0.39 is 11.9 Å². The Balaban J connectivity index is 1.08.